The SMILES string of the molecule is O=C1C(=Cc2cc(Cl)c(O)c(Cl)c2)SC(=S)N1c1cccc(Cl)c1. The van der Waals surface area contributed by atoms with Crippen LogP contribution in [0.5, 0.6) is 5.75 Å². The number of aromatic hydroxyl groups is 1. The fourth-order valence-electron chi connectivity index (χ4n) is 2.13. The molecule has 2 aromatic rings. The van der Waals surface area contributed by atoms with E-state index in [-0.39, 0.29) is 21.7 Å². The molecule has 1 aliphatic rings. The summed E-state index contributed by atoms with van der Waals surface area (Å²) in [7, 11) is 0. The molecule has 0 bridgehead atoms. The van der Waals surface area contributed by atoms with E-state index in [0.29, 0.717) is 25.5 Å². The summed E-state index contributed by atoms with van der Waals surface area (Å²) >= 11 is 24.3. The Bertz CT molecular complexity index is 876. The Morgan fingerprint density at radius 3 is 2.42 bits per heavy atom. The number of hydrogen-bond acceptors (Lipinski definition) is 4. The van der Waals surface area contributed by atoms with E-state index >= 15 is 0 Å². The van der Waals surface area contributed by atoms with Gasteiger partial charge in [0.05, 0.1) is 20.6 Å². The summed E-state index contributed by atoms with van der Waals surface area (Å²) in [4.78, 5) is 14.5. The second-order valence-electron chi connectivity index (χ2n) is 4.83. The van der Waals surface area contributed by atoms with Crippen LogP contribution < -0.4 is 4.90 Å². The van der Waals surface area contributed by atoms with Crippen LogP contribution in [-0.2, 0) is 4.79 Å². The van der Waals surface area contributed by atoms with Gasteiger partial charge in [-0.05, 0) is 42.0 Å². The van der Waals surface area contributed by atoms with Crippen molar-refractivity contribution in [3.8, 4) is 5.75 Å². The highest BCUT2D eigenvalue weighted by atomic mass is 35.5. The number of nitrogens with zero attached hydrogens (tertiary/aromatic N) is 1. The summed E-state index contributed by atoms with van der Waals surface area (Å²) in [6.07, 6.45) is 1.63. The maximum absolute atomic E-state index is 12.7. The lowest BCUT2D eigenvalue weighted by Gasteiger charge is -2.14. The van der Waals surface area contributed by atoms with E-state index in [2.05, 4.69) is 0 Å². The van der Waals surface area contributed by atoms with E-state index < -0.39 is 0 Å². The first-order chi connectivity index (χ1) is 11.4. The van der Waals surface area contributed by atoms with E-state index in [4.69, 9.17) is 47.0 Å². The number of carbonyl (C=O) groups is 1. The molecule has 0 unspecified atom stereocenters. The van der Waals surface area contributed by atoms with Gasteiger partial charge in [-0.1, -0.05) is 64.8 Å². The molecule has 1 aliphatic heterocycles. The summed E-state index contributed by atoms with van der Waals surface area (Å²) in [6.45, 7) is 0. The maximum atomic E-state index is 12.7. The highest BCUT2D eigenvalue weighted by molar-refractivity contribution is 8.27. The zero-order valence-electron chi connectivity index (χ0n) is 11.8. The molecule has 0 atom stereocenters. The number of anilines is 1. The van der Waals surface area contributed by atoms with Gasteiger partial charge >= 0.3 is 0 Å². The number of benzene rings is 2. The molecule has 0 saturated carbocycles. The van der Waals surface area contributed by atoms with Gasteiger partial charge in [-0.3, -0.25) is 9.69 Å². The maximum Gasteiger partial charge on any atom is 0.270 e. The number of amides is 1. The fourth-order valence-corrected chi connectivity index (χ4v) is 4.11. The number of phenolic OH excluding ortho intramolecular Hbond substituents is 1. The van der Waals surface area contributed by atoms with Crippen molar-refractivity contribution in [1.82, 2.24) is 0 Å². The standard InChI is InChI=1S/C16H8Cl3NO2S2/c17-9-2-1-3-10(7-9)20-15(22)13(24-16(20)23)6-8-4-11(18)14(21)12(19)5-8/h1-7,21H. The number of thiocarbonyl (C=S) groups is 1. The molecule has 0 radical (unpaired) electrons. The van der Waals surface area contributed by atoms with Crippen LogP contribution in [0.2, 0.25) is 15.1 Å². The Hall–Kier alpha value is -1.24. The van der Waals surface area contributed by atoms with Gasteiger partial charge in [-0.2, -0.15) is 0 Å². The lowest BCUT2D eigenvalue weighted by molar-refractivity contribution is -0.113. The number of thioether (sulfide) groups is 1. The average Bonchev–Trinajstić information content (AvgIpc) is 2.79. The first-order valence-corrected chi connectivity index (χ1v) is 8.94. The third kappa shape index (κ3) is 3.41. The quantitative estimate of drug-likeness (QED) is 0.499. The van der Waals surface area contributed by atoms with Crippen LogP contribution in [0, 0.1) is 0 Å². The molecule has 122 valence electrons. The Morgan fingerprint density at radius 2 is 1.79 bits per heavy atom. The number of hydrogen-bond donors (Lipinski definition) is 1. The smallest absolute Gasteiger partial charge is 0.270 e. The van der Waals surface area contributed by atoms with E-state index in [1.165, 1.54) is 28.8 Å². The third-order valence-corrected chi connectivity index (χ3v) is 5.31. The molecule has 1 heterocycles. The Balaban J connectivity index is 1.97. The van der Waals surface area contributed by atoms with Crippen molar-refractivity contribution in [1.29, 1.82) is 0 Å². The van der Waals surface area contributed by atoms with Gasteiger partial charge < -0.3 is 5.11 Å². The zero-order valence-corrected chi connectivity index (χ0v) is 15.7. The van der Waals surface area contributed by atoms with Crippen molar-refractivity contribution in [3.63, 3.8) is 0 Å². The molecule has 24 heavy (non-hydrogen) atoms. The Kier molecular flexibility index (Phi) is 5.08. The minimum absolute atomic E-state index is 0.110. The summed E-state index contributed by atoms with van der Waals surface area (Å²) in [6, 6.07) is 9.94. The molecule has 1 fully saturated rings. The fraction of sp³-hybridized carbons (Fsp3) is 0. The molecular weight excluding hydrogens is 409 g/mol. The van der Waals surface area contributed by atoms with Crippen molar-refractivity contribution < 1.29 is 9.90 Å². The van der Waals surface area contributed by atoms with Gasteiger partial charge in [0, 0.05) is 5.02 Å². The lowest BCUT2D eigenvalue weighted by Crippen LogP contribution is -2.27. The second-order valence-corrected chi connectivity index (χ2v) is 7.76. The molecule has 1 saturated heterocycles. The van der Waals surface area contributed by atoms with Crippen LogP contribution in [0.25, 0.3) is 6.08 Å². The Labute approximate surface area is 162 Å². The topological polar surface area (TPSA) is 40.5 Å². The van der Waals surface area contributed by atoms with Crippen LogP contribution in [0.3, 0.4) is 0 Å². The summed E-state index contributed by atoms with van der Waals surface area (Å²) < 4.78 is 0.407. The number of halogens is 3. The van der Waals surface area contributed by atoms with Crippen LogP contribution in [0.1, 0.15) is 5.56 Å². The molecule has 2 aromatic carbocycles. The number of carbonyl (C=O) groups excluding carboxylic acids is 1. The van der Waals surface area contributed by atoms with Crippen LogP contribution >= 0.6 is 58.8 Å². The number of rotatable bonds is 2. The van der Waals surface area contributed by atoms with Gasteiger partial charge in [-0.15, -0.1) is 0 Å². The van der Waals surface area contributed by atoms with Crippen molar-refractivity contribution in [2.24, 2.45) is 0 Å². The summed E-state index contributed by atoms with van der Waals surface area (Å²) in [5.74, 6) is -0.449. The number of phenols is 1. The van der Waals surface area contributed by atoms with E-state index in [0.717, 1.165) is 0 Å². The molecular formula is C16H8Cl3NO2S2. The van der Waals surface area contributed by atoms with Crippen LogP contribution in [-0.4, -0.2) is 15.3 Å². The minimum atomic E-state index is -0.257. The summed E-state index contributed by atoms with van der Waals surface area (Å²) in [5, 5.41) is 10.3. The van der Waals surface area contributed by atoms with Crippen molar-refractivity contribution in [3.05, 3.63) is 61.9 Å². The summed E-state index contributed by atoms with van der Waals surface area (Å²) in [5.41, 5.74) is 1.20. The zero-order chi connectivity index (χ0) is 17.4. The molecule has 3 rings (SSSR count). The van der Waals surface area contributed by atoms with Crippen molar-refractivity contribution in [2.45, 2.75) is 0 Å². The third-order valence-electron chi connectivity index (χ3n) is 3.20. The second kappa shape index (κ2) is 6.94. The van der Waals surface area contributed by atoms with Gasteiger partial charge in [-0.25, -0.2) is 0 Å². The molecule has 0 aliphatic carbocycles. The molecule has 1 amide bonds. The largest absolute Gasteiger partial charge is 0.505 e. The van der Waals surface area contributed by atoms with Gasteiger partial charge in [0.15, 0.2) is 10.1 Å². The Morgan fingerprint density at radius 1 is 1.12 bits per heavy atom. The van der Waals surface area contributed by atoms with Gasteiger partial charge in [0.1, 0.15) is 0 Å². The van der Waals surface area contributed by atoms with Gasteiger partial charge in [0.25, 0.3) is 5.91 Å². The van der Waals surface area contributed by atoms with E-state index in [9.17, 15) is 9.90 Å². The normalized spacial score (nSPS) is 16.3. The predicted octanol–water partition coefficient (Wildman–Crippen LogP) is 5.76. The molecule has 8 heteroatoms. The van der Waals surface area contributed by atoms with Crippen molar-refractivity contribution in [2.75, 3.05) is 4.90 Å². The predicted molar refractivity (Wildman–Crippen MR) is 105 cm³/mol. The molecule has 3 nitrogen and oxygen atoms in total. The van der Waals surface area contributed by atoms with E-state index in [1.807, 2.05) is 0 Å². The molecule has 0 spiro atoms. The van der Waals surface area contributed by atoms with E-state index in [1.54, 1.807) is 30.3 Å². The lowest BCUT2D eigenvalue weighted by atomic mass is 10.2. The first-order valence-electron chi connectivity index (χ1n) is 6.58. The minimum Gasteiger partial charge on any atom is -0.505 e. The van der Waals surface area contributed by atoms with Crippen LogP contribution in [0.4, 0.5) is 5.69 Å². The van der Waals surface area contributed by atoms with Crippen LogP contribution in [0.15, 0.2) is 41.3 Å². The van der Waals surface area contributed by atoms with Crippen molar-refractivity contribution >= 4 is 80.8 Å². The average molecular weight is 417 g/mol. The highest BCUT2D eigenvalue weighted by Gasteiger charge is 2.33. The first kappa shape index (κ1) is 17.6. The monoisotopic (exact) mass is 415 g/mol. The van der Waals surface area contributed by atoms with Gasteiger partial charge in [0.2, 0.25) is 0 Å². The molecule has 0 aromatic heterocycles. The molecule has 1 N–H and O–H groups in total. The highest BCUT2D eigenvalue weighted by Crippen LogP contribution is 2.38.